The first-order valence-corrected chi connectivity index (χ1v) is 2.09. The van der Waals surface area contributed by atoms with Crippen LogP contribution in [0.2, 0.25) is 0 Å². The van der Waals surface area contributed by atoms with Crippen LogP contribution in [0, 0.1) is 0 Å². The second-order valence-electron chi connectivity index (χ2n) is 1.00. The SMILES string of the molecule is [B]=C(C)CS. The third-order valence-corrected chi connectivity index (χ3v) is 0.748. The average Bonchev–Trinajstić information content (AvgIpc) is 1.38. The van der Waals surface area contributed by atoms with E-state index in [1.54, 1.807) is 0 Å². The molecule has 1 radical (unpaired) electrons. The van der Waals surface area contributed by atoms with Crippen molar-refractivity contribution in [2.24, 2.45) is 0 Å². The Morgan fingerprint density at radius 3 is 2.20 bits per heavy atom. The van der Waals surface area contributed by atoms with Crippen LogP contribution in [-0.4, -0.2) is 18.7 Å². The van der Waals surface area contributed by atoms with Crippen LogP contribution in [0.5, 0.6) is 0 Å². The van der Waals surface area contributed by atoms with E-state index in [-0.39, 0.29) is 0 Å². The molecule has 0 atom stereocenters. The molecule has 0 spiro atoms. The molecule has 0 fully saturated rings. The summed E-state index contributed by atoms with van der Waals surface area (Å²) in [5, 5.41) is 0. The van der Waals surface area contributed by atoms with E-state index in [2.05, 4.69) is 12.6 Å². The molecule has 0 saturated heterocycles. The molecule has 0 heterocycles. The molecule has 0 aromatic rings. The van der Waals surface area contributed by atoms with Gasteiger partial charge < -0.3 is 0 Å². The summed E-state index contributed by atoms with van der Waals surface area (Å²) in [7, 11) is 5.13. The quantitative estimate of drug-likeness (QED) is 0.343. The Hall–Kier alpha value is 0.285. The van der Waals surface area contributed by atoms with E-state index >= 15 is 0 Å². The molecule has 0 bridgehead atoms. The van der Waals surface area contributed by atoms with Gasteiger partial charge in [0.25, 0.3) is 0 Å². The maximum absolute atomic E-state index is 5.13. The molecule has 2 heteroatoms. The van der Waals surface area contributed by atoms with Gasteiger partial charge in [-0.1, -0.05) is 0 Å². The van der Waals surface area contributed by atoms with Gasteiger partial charge >= 0.3 is 38.3 Å². The summed E-state index contributed by atoms with van der Waals surface area (Å²) in [4.78, 5) is 0. The van der Waals surface area contributed by atoms with Crippen LogP contribution < -0.4 is 0 Å². The Bertz CT molecular complexity index is 42.2. The Kier molecular flexibility index (Phi) is 2.66. The van der Waals surface area contributed by atoms with Crippen molar-refractivity contribution in [1.29, 1.82) is 0 Å². The summed E-state index contributed by atoms with van der Waals surface area (Å²) in [5.74, 6) is 0.694. The van der Waals surface area contributed by atoms with E-state index < -0.39 is 0 Å². The zero-order valence-electron chi connectivity index (χ0n) is 3.23. The third kappa shape index (κ3) is 4.28. The van der Waals surface area contributed by atoms with E-state index in [0.717, 1.165) is 5.46 Å². The Morgan fingerprint density at radius 1 is 2.00 bits per heavy atom. The molecule has 0 rings (SSSR count). The number of thiol groups is 1. The predicted molar refractivity (Wildman–Crippen MR) is 30.3 cm³/mol. The number of rotatable bonds is 1. The molecule has 0 N–H and O–H groups in total. The molecule has 0 unspecified atom stereocenters. The monoisotopic (exact) mass is 85.0 g/mol. The van der Waals surface area contributed by atoms with Crippen LogP contribution in [0.15, 0.2) is 0 Å². The van der Waals surface area contributed by atoms with Crippen LogP contribution in [0.25, 0.3) is 0 Å². The molecule has 0 aromatic carbocycles. The van der Waals surface area contributed by atoms with Gasteiger partial charge in [-0.3, -0.25) is 0 Å². The fourth-order valence-corrected chi connectivity index (χ4v) is 0. The van der Waals surface area contributed by atoms with Crippen molar-refractivity contribution in [3.05, 3.63) is 0 Å². The third-order valence-electron chi connectivity index (χ3n) is 0.249. The fourth-order valence-electron chi connectivity index (χ4n) is 0. The predicted octanol–water partition coefficient (Wildman–Crippen LogP) is 0.277. The van der Waals surface area contributed by atoms with Crippen LogP contribution >= 0.6 is 12.6 Å². The molecule has 0 aliphatic heterocycles. The second-order valence-corrected chi connectivity index (χ2v) is 1.32. The molecule has 0 aromatic heterocycles. The number of hydrogen-bond donors (Lipinski definition) is 1. The average molecular weight is 85.0 g/mol. The summed E-state index contributed by atoms with van der Waals surface area (Å²) in [5.41, 5.74) is 0.869. The molecule has 0 aliphatic carbocycles. The van der Waals surface area contributed by atoms with Crippen molar-refractivity contribution < 1.29 is 0 Å². The first-order chi connectivity index (χ1) is 2.27. The van der Waals surface area contributed by atoms with Gasteiger partial charge in [0.15, 0.2) is 0 Å². The van der Waals surface area contributed by atoms with Crippen LogP contribution in [0.4, 0.5) is 0 Å². The zero-order valence-corrected chi connectivity index (χ0v) is 4.13. The van der Waals surface area contributed by atoms with Gasteiger partial charge in [0, 0.05) is 0 Å². The minimum atomic E-state index is 0.694. The van der Waals surface area contributed by atoms with E-state index in [9.17, 15) is 0 Å². The van der Waals surface area contributed by atoms with Crippen LogP contribution in [0.3, 0.4) is 0 Å². The second kappa shape index (κ2) is 2.52. The number of hydrogen-bond acceptors (Lipinski definition) is 1. The van der Waals surface area contributed by atoms with E-state index in [1.807, 2.05) is 6.92 Å². The molecule has 5 heavy (non-hydrogen) atoms. The summed E-state index contributed by atoms with van der Waals surface area (Å²) >= 11 is 3.85. The van der Waals surface area contributed by atoms with Crippen LogP contribution in [0.1, 0.15) is 6.92 Å². The minimum absolute atomic E-state index is 0.694. The fraction of sp³-hybridized carbons (Fsp3) is 0.667. The molecule has 0 nitrogen and oxygen atoms in total. The van der Waals surface area contributed by atoms with Gasteiger partial charge in [-0.25, -0.2) is 0 Å². The van der Waals surface area contributed by atoms with Gasteiger partial charge in [-0.2, -0.15) is 0 Å². The first-order valence-electron chi connectivity index (χ1n) is 1.46. The maximum atomic E-state index is 5.13. The summed E-state index contributed by atoms with van der Waals surface area (Å²) < 4.78 is 0. The Balaban J connectivity index is 2.85. The summed E-state index contributed by atoms with van der Waals surface area (Å²) in [6.45, 7) is 1.84. The van der Waals surface area contributed by atoms with Gasteiger partial charge in [0.05, 0.1) is 0 Å². The molecule has 0 aliphatic rings. The summed E-state index contributed by atoms with van der Waals surface area (Å²) in [6.07, 6.45) is 0. The van der Waals surface area contributed by atoms with E-state index in [0.29, 0.717) is 5.75 Å². The Morgan fingerprint density at radius 2 is 2.20 bits per heavy atom. The van der Waals surface area contributed by atoms with Gasteiger partial charge in [-0.15, -0.1) is 0 Å². The van der Waals surface area contributed by atoms with Crippen molar-refractivity contribution in [1.82, 2.24) is 0 Å². The van der Waals surface area contributed by atoms with Crippen molar-refractivity contribution >= 4 is 25.6 Å². The topological polar surface area (TPSA) is 0 Å². The Labute approximate surface area is 39.1 Å². The molecule has 0 saturated carbocycles. The van der Waals surface area contributed by atoms with Gasteiger partial charge in [-0.05, 0) is 0 Å². The normalized spacial score (nSPS) is 7.40. The van der Waals surface area contributed by atoms with Crippen molar-refractivity contribution in [3.63, 3.8) is 0 Å². The van der Waals surface area contributed by atoms with Gasteiger partial charge in [0.1, 0.15) is 0 Å². The molecule has 0 amide bonds. The van der Waals surface area contributed by atoms with Crippen LogP contribution in [-0.2, 0) is 0 Å². The molecular formula is C3H6BS. The first kappa shape index (κ1) is 5.28. The molecule has 27 valence electrons. The zero-order chi connectivity index (χ0) is 4.28. The summed E-state index contributed by atoms with van der Waals surface area (Å²) in [6, 6.07) is 0. The molecular weight excluding hydrogens is 78.9 g/mol. The van der Waals surface area contributed by atoms with E-state index in [4.69, 9.17) is 7.49 Å². The van der Waals surface area contributed by atoms with Crippen molar-refractivity contribution in [2.45, 2.75) is 6.92 Å². The van der Waals surface area contributed by atoms with E-state index in [1.165, 1.54) is 0 Å². The standard InChI is InChI=1S/C3H6BS/c1-3(4)2-5/h5H,2H2,1H3. The van der Waals surface area contributed by atoms with Crippen molar-refractivity contribution in [2.75, 3.05) is 5.75 Å². The van der Waals surface area contributed by atoms with Crippen molar-refractivity contribution in [3.8, 4) is 0 Å². The van der Waals surface area contributed by atoms with Gasteiger partial charge in [0.2, 0.25) is 0 Å².